The number of aromatic hydroxyl groups is 1. The minimum atomic E-state index is -1.06. The van der Waals surface area contributed by atoms with Crippen LogP contribution in [0.2, 0.25) is 0 Å². The average Bonchev–Trinajstić information content (AvgIpc) is 3.68. The topological polar surface area (TPSA) is 156 Å². The number of para-hydroxylation sites is 1. The molecule has 5 rings (SSSR count). The first kappa shape index (κ1) is 32.3. The van der Waals surface area contributed by atoms with Crippen molar-refractivity contribution in [1.82, 2.24) is 20.6 Å². The maximum absolute atomic E-state index is 13.8. The molecule has 0 fully saturated rings. The van der Waals surface area contributed by atoms with E-state index in [0.29, 0.717) is 11.1 Å². The molecule has 2 heterocycles. The third kappa shape index (κ3) is 7.40. The van der Waals surface area contributed by atoms with Crippen LogP contribution < -0.4 is 10.6 Å². The summed E-state index contributed by atoms with van der Waals surface area (Å²) in [6.07, 6.45) is 1.04. The van der Waals surface area contributed by atoms with E-state index in [0.717, 1.165) is 20.9 Å². The van der Waals surface area contributed by atoms with Crippen LogP contribution in [0.5, 0.6) is 5.75 Å². The molecule has 46 heavy (non-hydrogen) atoms. The van der Waals surface area contributed by atoms with Crippen molar-refractivity contribution in [2.45, 2.75) is 39.0 Å². The highest BCUT2D eigenvalue weighted by Gasteiger charge is 2.32. The Bertz CT molecular complexity index is 1830. The molecule has 4 N–H and O–H groups in total. The summed E-state index contributed by atoms with van der Waals surface area (Å²) in [5, 5.41) is 16.1. The largest absolute Gasteiger partial charge is 0.508 e. The van der Waals surface area contributed by atoms with Gasteiger partial charge in [-0.05, 0) is 51.2 Å². The lowest BCUT2D eigenvalue weighted by Crippen LogP contribution is -2.49. The predicted molar refractivity (Wildman–Crippen MR) is 174 cm³/mol. The second-order valence-corrected chi connectivity index (χ2v) is 11.8. The van der Waals surface area contributed by atoms with Crippen molar-refractivity contribution in [3.8, 4) is 17.1 Å². The number of amides is 2. The zero-order valence-electron chi connectivity index (χ0n) is 25.4. The number of aromatic nitrogens is 2. The van der Waals surface area contributed by atoms with Crippen molar-refractivity contribution in [1.29, 1.82) is 0 Å². The number of nitrogens with zero attached hydrogens (tertiary/aromatic N) is 1. The van der Waals surface area contributed by atoms with Crippen LogP contribution in [0.25, 0.3) is 22.2 Å². The number of hydrogen-bond donors (Lipinski definition) is 4. The van der Waals surface area contributed by atoms with E-state index in [1.807, 2.05) is 62.4 Å². The zero-order chi connectivity index (χ0) is 32.8. The highest BCUT2D eigenvalue weighted by Crippen LogP contribution is 2.36. The van der Waals surface area contributed by atoms with E-state index >= 15 is 0 Å². The van der Waals surface area contributed by atoms with Crippen molar-refractivity contribution in [3.63, 3.8) is 0 Å². The number of carbonyl (C=O) groups is 3. The van der Waals surface area contributed by atoms with Crippen molar-refractivity contribution in [3.05, 3.63) is 106 Å². The van der Waals surface area contributed by atoms with Gasteiger partial charge >= 0.3 is 12.1 Å². The van der Waals surface area contributed by atoms with Gasteiger partial charge in [-0.1, -0.05) is 68.4 Å². The molecule has 0 saturated heterocycles. The van der Waals surface area contributed by atoms with E-state index < -0.39 is 30.1 Å². The molecule has 5 aromatic rings. The van der Waals surface area contributed by atoms with Crippen LogP contribution in [0.3, 0.4) is 0 Å². The van der Waals surface area contributed by atoms with Crippen molar-refractivity contribution in [2.24, 2.45) is 5.92 Å². The second-order valence-electron chi connectivity index (χ2n) is 10.9. The molecular weight excluding hydrogens is 656 g/mol. The minimum Gasteiger partial charge on any atom is -0.508 e. The third-order valence-electron chi connectivity index (χ3n) is 7.36. The first-order valence-corrected chi connectivity index (χ1v) is 15.3. The Labute approximate surface area is 273 Å². The van der Waals surface area contributed by atoms with Gasteiger partial charge in [0.1, 0.15) is 24.4 Å². The molecule has 2 amide bonds. The molecule has 12 heteroatoms. The second kappa shape index (κ2) is 14.3. The summed E-state index contributed by atoms with van der Waals surface area (Å²) in [7, 11) is 1.25. The van der Waals surface area contributed by atoms with Crippen LogP contribution in [0, 0.1) is 5.92 Å². The Kier molecular flexibility index (Phi) is 10.1. The van der Waals surface area contributed by atoms with Crippen molar-refractivity contribution >= 4 is 44.8 Å². The first-order valence-electron chi connectivity index (χ1n) is 14.5. The first-order chi connectivity index (χ1) is 22.1. The Hall–Kier alpha value is -5.10. The van der Waals surface area contributed by atoms with Crippen LogP contribution in [0.4, 0.5) is 4.79 Å². The lowest BCUT2D eigenvalue weighted by Gasteiger charge is -2.24. The quantitative estimate of drug-likeness (QED) is 0.116. The number of carbonyl (C=O) groups excluding carboxylic acids is 3. The molecule has 11 nitrogen and oxygen atoms in total. The highest BCUT2D eigenvalue weighted by molar-refractivity contribution is 9.10. The lowest BCUT2D eigenvalue weighted by atomic mass is 10.0. The minimum absolute atomic E-state index is 0.0225. The Morgan fingerprint density at radius 2 is 1.72 bits per heavy atom. The number of phenolic OH excluding ortho intramolecular Hbond substituents is 1. The summed E-state index contributed by atoms with van der Waals surface area (Å²) < 4.78 is 17.5. The fourth-order valence-electron chi connectivity index (χ4n) is 4.94. The number of hydrogen-bond acceptors (Lipinski definition) is 8. The average molecular weight is 690 g/mol. The monoisotopic (exact) mass is 688 g/mol. The lowest BCUT2D eigenvalue weighted by molar-refractivity contribution is -0.124. The molecule has 0 radical (unpaired) electrons. The number of halogens is 1. The van der Waals surface area contributed by atoms with E-state index in [4.69, 9.17) is 13.9 Å². The molecule has 2 aromatic heterocycles. The maximum atomic E-state index is 13.8. The molecule has 0 saturated carbocycles. The molecular formula is C34H33BrN4O7. The SMILES string of the molecule is COC(=O)c1nc([C@@H](NC(=O)C(Cc2ccc(O)cc2)NC(=O)OCc2ccccc2)C(C)C)oc1-c1c[nH]c2c(Br)cccc12. The van der Waals surface area contributed by atoms with E-state index in [2.05, 4.69) is 36.5 Å². The van der Waals surface area contributed by atoms with E-state index in [9.17, 15) is 19.5 Å². The van der Waals surface area contributed by atoms with Gasteiger partial charge in [-0.2, -0.15) is 0 Å². The van der Waals surface area contributed by atoms with Crippen LogP contribution in [-0.4, -0.2) is 46.2 Å². The number of rotatable bonds is 11. The number of oxazole rings is 1. The predicted octanol–water partition coefficient (Wildman–Crippen LogP) is 6.43. The number of benzene rings is 3. The molecule has 3 aromatic carbocycles. The number of aromatic amines is 1. The van der Waals surface area contributed by atoms with Gasteiger partial charge in [0.15, 0.2) is 11.5 Å². The Morgan fingerprint density at radius 1 is 0.978 bits per heavy atom. The number of nitrogens with one attached hydrogen (secondary N) is 3. The summed E-state index contributed by atoms with van der Waals surface area (Å²) in [5.41, 5.74) is 2.85. The van der Waals surface area contributed by atoms with E-state index in [-0.39, 0.29) is 42.0 Å². The fraction of sp³-hybridized carbons (Fsp3) is 0.235. The maximum Gasteiger partial charge on any atom is 0.408 e. The van der Waals surface area contributed by atoms with Gasteiger partial charge in [0.05, 0.1) is 12.6 Å². The summed E-state index contributed by atoms with van der Waals surface area (Å²) in [5.74, 6) is -1.11. The summed E-state index contributed by atoms with van der Waals surface area (Å²) in [6.45, 7) is 3.76. The normalized spacial score (nSPS) is 12.5. The number of phenols is 1. The summed E-state index contributed by atoms with van der Waals surface area (Å²) in [4.78, 5) is 47.2. The van der Waals surface area contributed by atoms with E-state index in [1.165, 1.54) is 19.2 Å². The molecule has 238 valence electrons. The number of esters is 1. The van der Waals surface area contributed by atoms with Gasteiger partial charge in [-0.15, -0.1) is 0 Å². The standard InChI is InChI=1S/C34H33BrN4O7/c1-19(2)27(32-39-29(33(42)44-3)30(46-32)24-17-36-28-23(24)10-7-11-25(28)35)38-31(41)26(16-20-12-14-22(40)15-13-20)37-34(43)45-18-21-8-5-4-6-9-21/h4-15,17,19,26-27,36,40H,16,18H2,1-3H3,(H,37,43)(H,38,41)/t26?,27-/m0/s1. The van der Waals surface area contributed by atoms with Crippen molar-refractivity contribution < 1.29 is 33.4 Å². The van der Waals surface area contributed by atoms with Gasteiger partial charge in [-0.25, -0.2) is 14.6 Å². The highest BCUT2D eigenvalue weighted by atomic mass is 79.9. The molecule has 0 spiro atoms. The van der Waals surface area contributed by atoms with Gasteiger partial charge in [0, 0.05) is 28.0 Å². The number of methoxy groups -OCH3 is 1. The number of alkyl carbamates (subject to hydrolysis) is 1. The number of fused-ring (bicyclic) bond motifs is 1. The fourth-order valence-corrected chi connectivity index (χ4v) is 5.42. The molecule has 0 aliphatic rings. The van der Waals surface area contributed by atoms with Gasteiger partial charge in [0.25, 0.3) is 0 Å². The van der Waals surface area contributed by atoms with Gasteiger partial charge in [-0.3, -0.25) is 4.79 Å². The molecule has 0 bridgehead atoms. The van der Waals surface area contributed by atoms with Crippen LogP contribution >= 0.6 is 15.9 Å². The molecule has 2 atom stereocenters. The smallest absolute Gasteiger partial charge is 0.408 e. The number of H-pyrrole nitrogens is 1. The van der Waals surface area contributed by atoms with E-state index in [1.54, 1.807) is 18.3 Å². The summed E-state index contributed by atoms with van der Waals surface area (Å²) in [6, 6.07) is 19.3. The molecule has 0 aliphatic carbocycles. The summed E-state index contributed by atoms with van der Waals surface area (Å²) >= 11 is 3.53. The van der Waals surface area contributed by atoms with Crippen LogP contribution in [0.1, 0.15) is 47.4 Å². The van der Waals surface area contributed by atoms with Crippen LogP contribution in [0.15, 0.2) is 87.9 Å². The Morgan fingerprint density at radius 3 is 2.41 bits per heavy atom. The molecule has 0 aliphatic heterocycles. The zero-order valence-corrected chi connectivity index (χ0v) is 27.0. The van der Waals surface area contributed by atoms with Gasteiger partial charge < -0.3 is 34.6 Å². The van der Waals surface area contributed by atoms with Crippen LogP contribution in [-0.2, 0) is 27.3 Å². The van der Waals surface area contributed by atoms with Crippen molar-refractivity contribution in [2.75, 3.05) is 7.11 Å². The molecule has 1 unspecified atom stereocenters. The number of ether oxygens (including phenoxy) is 2. The van der Waals surface area contributed by atoms with Gasteiger partial charge in [0.2, 0.25) is 11.8 Å². The Balaban J connectivity index is 1.43. The third-order valence-corrected chi connectivity index (χ3v) is 8.02.